The number of benzene rings is 3. The van der Waals surface area contributed by atoms with Crippen molar-refractivity contribution in [2.45, 2.75) is 20.3 Å². The fraction of sp³-hybridized carbons (Fsp3) is 0.200. The summed E-state index contributed by atoms with van der Waals surface area (Å²) in [5.74, 6) is -0.724. The highest BCUT2D eigenvalue weighted by Crippen LogP contribution is 2.30. The standard InChI is InChI=1S/C20H18F2O/c1-3-13-11-16-6-5-15(12-18(16)20(22)19(13)21)14-7-9-17(10-8-14)23-4-2/h5-12H,3-4H2,1-2H3. The van der Waals surface area contributed by atoms with Gasteiger partial charge in [0.2, 0.25) is 0 Å². The lowest BCUT2D eigenvalue weighted by molar-refractivity contribution is 0.340. The van der Waals surface area contributed by atoms with Crippen LogP contribution in [-0.2, 0) is 6.42 Å². The Hall–Kier alpha value is -2.42. The molecular weight excluding hydrogens is 294 g/mol. The molecule has 3 aromatic carbocycles. The number of aryl methyl sites for hydroxylation is 1. The van der Waals surface area contributed by atoms with E-state index in [1.165, 1.54) is 0 Å². The van der Waals surface area contributed by atoms with Crippen LogP contribution in [0.25, 0.3) is 21.9 Å². The van der Waals surface area contributed by atoms with Gasteiger partial charge in [-0.05, 0) is 59.7 Å². The molecule has 3 aromatic rings. The van der Waals surface area contributed by atoms with Crippen LogP contribution in [0.1, 0.15) is 19.4 Å². The molecule has 0 aromatic heterocycles. The summed E-state index contributed by atoms with van der Waals surface area (Å²) in [7, 11) is 0. The average Bonchev–Trinajstić information content (AvgIpc) is 2.59. The zero-order valence-electron chi connectivity index (χ0n) is 13.2. The summed E-state index contributed by atoms with van der Waals surface area (Å²) < 4.78 is 33.7. The number of rotatable bonds is 4. The fourth-order valence-corrected chi connectivity index (χ4v) is 2.73. The molecule has 0 fully saturated rings. The molecule has 3 rings (SSSR count). The molecule has 0 bridgehead atoms. The van der Waals surface area contributed by atoms with Crippen LogP contribution in [0.4, 0.5) is 8.78 Å². The SMILES string of the molecule is CCOc1ccc(-c2ccc3cc(CC)c(F)c(F)c3c2)cc1. The molecule has 0 aliphatic heterocycles. The van der Waals surface area contributed by atoms with Gasteiger partial charge in [0.25, 0.3) is 0 Å². The summed E-state index contributed by atoms with van der Waals surface area (Å²) in [5.41, 5.74) is 2.20. The van der Waals surface area contributed by atoms with Gasteiger partial charge in [-0.3, -0.25) is 0 Å². The van der Waals surface area contributed by atoms with Crippen molar-refractivity contribution in [3.05, 3.63) is 65.7 Å². The van der Waals surface area contributed by atoms with E-state index in [1.807, 2.05) is 50.2 Å². The van der Waals surface area contributed by atoms with Crippen LogP contribution in [0.2, 0.25) is 0 Å². The second kappa shape index (κ2) is 6.37. The van der Waals surface area contributed by atoms with E-state index in [0.29, 0.717) is 24.0 Å². The first-order chi connectivity index (χ1) is 11.1. The van der Waals surface area contributed by atoms with E-state index in [1.54, 1.807) is 12.1 Å². The Morgan fingerprint density at radius 2 is 1.52 bits per heavy atom. The van der Waals surface area contributed by atoms with Gasteiger partial charge >= 0.3 is 0 Å². The van der Waals surface area contributed by atoms with E-state index in [9.17, 15) is 8.78 Å². The number of halogens is 2. The second-order valence-electron chi connectivity index (χ2n) is 5.41. The highest BCUT2D eigenvalue weighted by molar-refractivity contribution is 5.88. The largest absolute Gasteiger partial charge is 0.494 e. The lowest BCUT2D eigenvalue weighted by Gasteiger charge is -2.09. The Balaban J connectivity index is 2.07. The van der Waals surface area contributed by atoms with Gasteiger partial charge < -0.3 is 4.74 Å². The summed E-state index contributed by atoms with van der Waals surface area (Å²) in [6.45, 7) is 4.36. The maximum atomic E-state index is 14.3. The van der Waals surface area contributed by atoms with Crippen molar-refractivity contribution in [1.82, 2.24) is 0 Å². The molecule has 0 amide bonds. The number of hydrogen-bond acceptors (Lipinski definition) is 1. The smallest absolute Gasteiger partial charge is 0.166 e. The van der Waals surface area contributed by atoms with E-state index in [4.69, 9.17) is 4.74 Å². The molecule has 3 heteroatoms. The molecule has 23 heavy (non-hydrogen) atoms. The minimum absolute atomic E-state index is 0.311. The Bertz CT molecular complexity index is 838. The molecule has 0 aliphatic carbocycles. The van der Waals surface area contributed by atoms with Gasteiger partial charge in [-0.15, -0.1) is 0 Å². The Kier molecular flexibility index (Phi) is 4.28. The minimum Gasteiger partial charge on any atom is -0.494 e. The molecule has 0 N–H and O–H groups in total. The molecule has 118 valence electrons. The first-order valence-electron chi connectivity index (χ1n) is 7.78. The Morgan fingerprint density at radius 3 is 2.17 bits per heavy atom. The highest BCUT2D eigenvalue weighted by Gasteiger charge is 2.13. The van der Waals surface area contributed by atoms with Crippen LogP contribution in [-0.4, -0.2) is 6.61 Å². The quantitative estimate of drug-likeness (QED) is 0.596. The van der Waals surface area contributed by atoms with Crippen LogP contribution in [0.5, 0.6) is 5.75 Å². The van der Waals surface area contributed by atoms with E-state index in [-0.39, 0.29) is 0 Å². The number of ether oxygens (including phenoxy) is 1. The lowest BCUT2D eigenvalue weighted by Crippen LogP contribution is -1.95. The maximum absolute atomic E-state index is 14.3. The molecule has 0 atom stereocenters. The first-order valence-corrected chi connectivity index (χ1v) is 7.78. The Morgan fingerprint density at radius 1 is 0.826 bits per heavy atom. The van der Waals surface area contributed by atoms with Crippen molar-refractivity contribution in [2.75, 3.05) is 6.61 Å². The third-order valence-electron chi connectivity index (χ3n) is 3.97. The second-order valence-corrected chi connectivity index (χ2v) is 5.41. The predicted octanol–water partition coefficient (Wildman–Crippen LogP) is 5.75. The molecule has 0 unspecified atom stereocenters. The van der Waals surface area contributed by atoms with Gasteiger partial charge in [0.15, 0.2) is 11.6 Å². The van der Waals surface area contributed by atoms with Crippen LogP contribution in [0.15, 0.2) is 48.5 Å². The van der Waals surface area contributed by atoms with Gasteiger partial charge in [0.1, 0.15) is 5.75 Å². The average molecular weight is 312 g/mol. The summed E-state index contributed by atoms with van der Waals surface area (Å²) in [6, 6.07) is 14.8. The third kappa shape index (κ3) is 2.91. The number of hydrogen-bond donors (Lipinski definition) is 0. The summed E-state index contributed by atoms with van der Waals surface area (Å²) >= 11 is 0. The van der Waals surface area contributed by atoms with E-state index < -0.39 is 11.6 Å². The Labute approximate surface area is 134 Å². The van der Waals surface area contributed by atoms with Crippen LogP contribution < -0.4 is 4.74 Å². The molecule has 0 radical (unpaired) electrons. The number of fused-ring (bicyclic) bond motifs is 1. The topological polar surface area (TPSA) is 9.23 Å². The maximum Gasteiger partial charge on any atom is 0.166 e. The molecule has 0 heterocycles. The van der Waals surface area contributed by atoms with Gasteiger partial charge in [-0.25, -0.2) is 8.78 Å². The van der Waals surface area contributed by atoms with Gasteiger partial charge in [0, 0.05) is 5.39 Å². The van der Waals surface area contributed by atoms with Crippen LogP contribution in [0, 0.1) is 11.6 Å². The van der Waals surface area contributed by atoms with Crippen molar-refractivity contribution < 1.29 is 13.5 Å². The van der Waals surface area contributed by atoms with Crippen LogP contribution in [0.3, 0.4) is 0 Å². The van der Waals surface area contributed by atoms with Crippen molar-refractivity contribution in [2.24, 2.45) is 0 Å². The molecule has 0 aliphatic rings. The molecule has 0 spiro atoms. The molecule has 0 saturated heterocycles. The van der Waals surface area contributed by atoms with Gasteiger partial charge in [-0.1, -0.05) is 31.2 Å². The minimum atomic E-state index is -0.771. The predicted molar refractivity (Wildman–Crippen MR) is 89.8 cm³/mol. The lowest BCUT2D eigenvalue weighted by atomic mass is 9.98. The van der Waals surface area contributed by atoms with Crippen molar-refractivity contribution in [3.63, 3.8) is 0 Å². The zero-order valence-corrected chi connectivity index (χ0v) is 13.2. The van der Waals surface area contributed by atoms with Crippen molar-refractivity contribution >= 4 is 10.8 Å². The van der Waals surface area contributed by atoms with Gasteiger partial charge in [-0.2, -0.15) is 0 Å². The molecule has 1 nitrogen and oxygen atoms in total. The van der Waals surface area contributed by atoms with Crippen LogP contribution >= 0.6 is 0 Å². The van der Waals surface area contributed by atoms with Crippen molar-refractivity contribution in [3.8, 4) is 16.9 Å². The van der Waals surface area contributed by atoms with E-state index >= 15 is 0 Å². The summed E-state index contributed by atoms with van der Waals surface area (Å²) in [5, 5.41) is 1.03. The monoisotopic (exact) mass is 312 g/mol. The normalized spacial score (nSPS) is 11.0. The highest BCUT2D eigenvalue weighted by atomic mass is 19.2. The first kappa shape index (κ1) is 15.5. The third-order valence-corrected chi connectivity index (χ3v) is 3.97. The van der Waals surface area contributed by atoms with Gasteiger partial charge in [0.05, 0.1) is 6.61 Å². The van der Waals surface area contributed by atoms with E-state index in [0.717, 1.165) is 22.3 Å². The van der Waals surface area contributed by atoms with Crippen molar-refractivity contribution in [1.29, 1.82) is 0 Å². The zero-order chi connectivity index (χ0) is 16.4. The summed E-state index contributed by atoms with van der Waals surface area (Å²) in [6.07, 6.45) is 0.472. The summed E-state index contributed by atoms with van der Waals surface area (Å²) in [4.78, 5) is 0. The fourth-order valence-electron chi connectivity index (χ4n) is 2.73. The molecular formula is C20H18F2O. The van der Waals surface area contributed by atoms with E-state index in [2.05, 4.69) is 0 Å². The molecule has 0 saturated carbocycles.